The standard InChI is InChI=1S/C21H22N4O4/c1-3-27-15-10-8-14(9-11-15)20-23-19(29-24-20)13-25-12-18(21(26)22-2)28-17-7-5-4-6-16(17)25/h4-11,18H,3,12-13H2,1-2H3,(H,22,26)/t18-/m0/s1. The molecule has 2 aromatic carbocycles. The second-order valence-corrected chi connectivity index (χ2v) is 6.54. The molecule has 1 aromatic heterocycles. The fourth-order valence-corrected chi connectivity index (χ4v) is 3.22. The minimum atomic E-state index is -0.608. The number of para-hydroxylation sites is 2. The van der Waals surface area contributed by atoms with Gasteiger partial charge >= 0.3 is 0 Å². The van der Waals surface area contributed by atoms with E-state index in [1.165, 1.54) is 0 Å². The number of aromatic nitrogens is 2. The normalized spacial score (nSPS) is 15.4. The van der Waals surface area contributed by atoms with Crippen molar-refractivity contribution >= 4 is 11.6 Å². The fraction of sp³-hybridized carbons (Fsp3) is 0.286. The number of rotatable bonds is 6. The van der Waals surface area contributed by atoms with E-state index in [0.717, 1.165) is 17.0 Å². The highest BCUT2D eigenvalue weighted by molar-refractivity contribution is 5.83. The number of fused-ring (bicyclic) bond motifs is 1. The van der Waals surface area contributed by atoms with E-state index < -0.39 is 6.10 Å². The lowest BCUT2D eigenvalue weighted by Gasteiger charge is -2.34. The molecule has 150 valence electrons. The van der Waals surface area contributed by atoms with Crippen molar-refractivity contribution in [3.05, 3.63) is 54.4 Å². The first-order valence-electron chi connectivity index (χ1n) is 9.46. The molecule has 1 amide bonds. The molecule has 0 fully saturated rings. The lowest BCUT2D eigenvalue weighted by atomic mass is 10.1. The van der Waals surface area contributed by atoms with Crippen molar-refractivity contribution < 1.29 is 18.8 Å². The zero-order valence-corrected chi connectivity index (χ0v) is 16.3. The minimum absolute atomic E-state index is 0.176. The average Bonchev–Trinajstić information content (AvgIpc) is 3.22. The van der Waals surface area contributed by atoms with Crippen molar-refractivity contribution in [3.63, 3.8) is 0 Å². The van der Waals surface area contributed by atoms with Gasteiger partial charge in [-0.3, -0.25) is 4.79 Å². The number of nitrogens with zero attached hydrogens (tertiary/aromatic N) is 3. The van der Waals surface area contributed by atoms with Gasteiger partial charge in [-0.05, 0) is 43.3 Å². The van der Waals surface area contributed by atoms with E-state index in [4.69, 9.17) is 14.0 Å². The Kier molecular flexibility index (Phi) is 5.33. The molecule has 1 N–H and O–H groups in total. The van der Waals surface area contributed by atoms with Crippen LogP contribution in [0, 0.1) is 0 Å². The molecular weight excluding hydrogens is 372 g/mol. The highest BCUT2D eigenvalue weighted by atomic mass is 16.5. The molecule has 29 heavy (non-hydrogen) atoms. The van der Waals surface area contributed by atoms with Crippen molar-refractivity contribution in [2.75, 3.05) is 25.1 Å². The van der Waals surface area contributed by atoms with Crippen LogP contribution in [-0.4, -0.2) is 42.4 Å². The summed E-state index contributed by atoms with van der Waals surface area (Å²) in [6.45, 7) is 3.32. The number of carbonyl (C=O) groups excluding carboxylic acids is 1. The van der Waals surface area contributed by atoms with Crippen LogP contribution in [0.15, 0.2) is 53.1 Å². The third-order valence-electron chi connectivity index (χ3n) is 4.62. The molecule has 1 aliphatic rings. The molecule has 0 saturated carbocycles. The first-order chi connectivity index (χ1) is 14.2. The maximum Gasteiger partial charge on any atom is 0.262 e. The van der Waals surface area contributed by atoms with Gasteiger partial charge in [0.05, 0.1) is 25.4 Å². The molecule has 8 nitrogen and oxygen atoms in total. The summed E-state index contributed by atoms with van der Waals surface area (Å²) >= 11 is 0. The van der Waals surface area contributed by atoms with Crippen LogP contribution in [-0.2, 0) is 11.3 Å². The van der Waals surface area contributed by atoms with Crippen molar-refractivity contribution in [3.8, 4) is 22.9 Å². The van der Waals surface area contributed by atoms with Crippen molar-refractivity contribution in [1.82, 2.24) is 15.5 Å². The maximum atomic E-state index is 12.1. The van der Waals surface area contributed by atoms with Crippen LogP contribution in [0.25, 0.3) is 11.4 Å². The smallest absolute Gasteiger partial charge is 0.262 e. The maximum absolute atomic E-state index is 12.1. The lowest BCUT2D eigenvalue weighted by Crippen LogP contribution is -2.48. The summed E-state index contributed by atoms with van der Waals surface area (Å²) in [5.41, 5.74) is 1.72. The Morgan fingerprint density at radius 3 is 2.79 bits per heavy atom. The van der Waals surface area contributed by atoms with Crippen LogP contribution in [0.5, 0.6) is 11.5 Å². The Labute approximate surface area is 168 Å². The van der Waals surface area contributed by atoms with E-state index >= 15 is 0 Å². The van der Waals surface area contributed by atoms with Crippen molar-refractivity contribution in [1.29, 1.82) is 0 Å². The van der Waals surface area contributed by atoms with Gasteiger partial charge in [-0.1, -0.05) is 17.3 Å². The predicted molar refractivity (Wildman–Crippen MR) is 107 cm³/mol. The molecule has 0 spiro atoms. The van der Waals surface area contributed by atoms with Gasteiger partial charge in [0.25, 0.3) is 5.91 Å². The predicted octanol–water partition coefficient (Wildman–Crippen LogP) is 2.65. The molecule has 4 rings (SSSR count). The van der Waals surface area contributed by atoms with Crippen LogP contribution in [0.1, 0.15) is 12.8 Å². The summed E-state index contributed by atoms with van der Waals surface area (Å²) in [6, 6.07) is 15.1. The largest absolute Gasteiger partial charge is 0.494 e. The van der Waals surface area contributed by atoms with E-state index in [2.05, 4.69) is 15.5 Å². The Bertz CT molecular complexity index is 986. The SMILES string of the molecule is CCOc1ccc(-c2noc(CN3C[C@@H](C(=O)NC)Oc4ccccc43)n2)cc1. The molecular formula is C21H22N4O4. The summed E-state index contributed by atoms with van der Waals surface area (Å²) in [4.78, 5) is 18.6. The van der Waals surface area contributed by atoms with Gasteiger partial charge in [-0.25, -0.2) is 0 Å². The fourth-order valence-electron chi connectivity index (χ4n) is 3.22. The lowest BCUT2D eigenvalue weighted by molar-refractivity contribution is -0.127. The number of nitrogens with one attached hydrogen (secondary N) is 1. The molecule has 1 aliphatic heterocycles. The van der Waals surface area contributed by atoms with Crippen LogP contribution in [0.3, 0.4) is 0 Å². The number of likely N-dealkylation sites (N-methyl/N-ethyl adjacent to an activating group) is 1. The molecule has 0 radical (unpaired) electrons. The molecule has 1 atom stereocenters. The van der Waals surface area contributed by atoms with Crippen LogP contribution < -0.4 is 19.7 Å². The number of hydrogen-bond acceptors (Lipinski definition) is 7. The van der Waals surface area contributed by atoms with Gasteiger partial charge in [0.2, 0.25) is 11.7 Å². The molecule has 0 unspecified atom stereocenters. The first kappa shape index (κ1) is 18.8. The van der Waals surface area contributed by atoms with Gasteiger partial charge in [-0.2, -0.15) is 4.98 Å². The molecule has 0 aliphatic carbocycles. The highest BCUT2D eigenvalue weighted by Crippen LogP contribution is 2.34. The van der Waals surface area contributed by atoms with Crippen molar-refractivity contribution in [2.24, 2.45) is 0 Å². The monoisotopic (exact) mass is 394 g/mol. The summed E-state index contributed by atoms with van der Waals surface area (Å²) in [6.07, 6.45) is -0.608. The molecule has 2 heterocycles. The van der Waals surface area contributed by atoms with Gasteiger partial charge in [0.1, 0.15) is 11.5 Å². The van der Waals surface area contributed by atoms with E-state index in [-0.39, 0.29) is 5.91 Å². The molecule has 8 heteroatoms. The quantitative estimate of drug-likeness (QED) is 0.687. The number of ether oxygens (including phenoxy) is 2. The van der Waals surface area contributed by atoms with Crippen LogP contribution >= 0.6 is 0 Å². The number of carbonyl (C=O) groups is 1. The van der Waals surface area contributed by atoms with Crippen molar-refractivity contribution in [2.45, 2.75) is 19.6 Å². The Morgan fingerprint density at radius 1 is 1.24 bits per heavy atom. The molecule has 0 bridgehead atoms. The van der Waals surface area contributed by atoms with E-state index in [1.54, 1.807) is 7.05 Å². The highest BCUT2D eigenvalue weighted by Gasteiger charge is 2.31. The zero-order chi connectivity index (χ0) is 20.2. The number of amides is 1. The van der Waals surface area contributed by atoms with Gasteiger partial charge < -0.3 is 24.2 Å². The van der Waals surface area contributed by atoms with E-state index in [0.29, 0.717) is 37.2 Å². The Balaban J connectivity index is 1.53. The van der Waals surface area contributed by atoms with Gasteiger partial charge in [0.15, 0.2) is 6.10 Å². The number of hydrogen-bond donors (Lipinski definition) is 1. The second-order valence-electron chi connectivity index (χ2n) is 6.54. The second kappa shape index (κ2) is 8.22. The number of anilines is 1. The third-order valence-corrected chi connectivity index (χ3v) is 4.62. The summed E-state index contributed by atoms with van der Waals surface area (Å²) < 4.78 is 16.7. The molecule has 0 saturated heterocycles. The third kappa shape index (κ3) is 4.01. The summed E-state index contributed by atoms with van der Waals surface area (Å²) in [5, 5.41) is 6.73. The van der Waals surface area contributed by atoms with E-state index in [1.807, 2.05) is 60.4 Å². The zero-order valence-electron chi connectivity index (χ0n) is 16.3. The number of benzene rings is 2. The molecule has 3 aromatic rings. The van der Waals surface area contributed by atoms with Gasteiger partial charge in [-0.15, -0.1) is 0 Å². The Hall–Kier alpha value is -3.55. The minimum Gasteiger partial charge on any atom is -0.494 e. The van der Waals surface area contributed by atoms with Crippen LogP contribution in [0.4, 0.5) is 5.69 Å². The topological polar surface area (TPSA) is 89.7 Å². The summed E-state index contributed by atoms with van der Waals surface area (Å²) in [7, 11) is 1.59. The van der Waals surface area contributed by atoms with Crippen LogP contribution in [0.2, 0.25) is 0 Å². The van der Waals surface area contributed by atoms with Gasteiger partial charge in [0, 0.05) is 12.6 Å². The summed E-state index contributed by atoms with van der Waals surface area (Å²) in [5.74, 6) is 2.24. The Morgan fingerprint density at radius 2 is 2.03 bits per heavy atom. The first-order valence-corrected chi connectivity index (χ1v) is 9.46. The average molecular weight is 394 g/mol. The van der Waals surface area contributed by atoms with E-state index in [9.17, 15) is 4.79 Å².